The molecule has 170 valence electrons. The third-order valence-corrected chi connectivity index (χ3v) is 5.00. The van der Waals surface area contributed by atoms with Gasteiger partial charge in [-0.1, -0.05) is 40.9 Å². The van der Waals surface area contributed by atoms with E-state index in [1.54, 1.807) is 24.3 Å². The van der Waals surface area contributed by atoms with E-state index in [1.165, 1.54) is 25.5 Å². The van der Waals surface area contributed by atoms with Crippen molar-refractivity contribution in [2.45, 2.75) is 6.92 Å². The molecule has 0 fully saturated rings. The molecule has 0 unspecified atom stereocenters. The summed E-state index contributed by atoms with van der Waals surface area (Å²) in [4.78, 5) is 24.4. The molecule has 33 heavy (non-hydrogen) atoms. The van der Waals surface area contributed by atoms with Gasteiger partial charge in [0.25, 0.3) is 5.91 Å². The molecule has 0 bridgehead atoms. The van der Waals surface area contributed by atoms with Gasteiger partial charge in [-0.05, 0) is 61.0 Å². The monoisotopic (exact) mass is 485 g/mol. The SMILES string of the molecule is COc1cc(/C=N\NC(=O)CNc2ccc(C)cc2)ccc1OC(=O)c1ccc(Cl)cc1Cl. The first-order valence-electron chi connectivity index (χ1n) is 9.83. The summed E-state index contributed by atoms with van der Waals surface area (Å²) in [6, 6.07) is 17.0. The molecular formula is C24H21Cl2N3O4. The summed E-state index contributed by atoms with van der Waals surface area (Å²) < 4.78 is 10.7. The molecule has 3 rings (SSSR count). The Morgan fingerprint density at radius 3 is 2.45 bits per heavy atom. The standard InChI is InChI=1S/C24H21Cl2N3O4/c1-15-3-7-18(8-4-15)27-14-23(30)29-28-13-16-5-10-21(22(11-16)32-2)33-24(31)19-9-6-17(25)12-20(19)26/h3-13,27H,14H2,1-2H3,(H,29,30)/b28-13-. The zero-order valence-corrected chi connectivity index (χ0v) is 19.4. The highest BCUT2D eigenvalue weighted by molar-refractivity contribution is 6.36. The highest BCUT2D eigenvalue weighted by Gasteiger charge is 2.16. The first kappa shape index (κ1) is 24.1. The van der Waals surface area contributed by atoms with Gasteiger partial charge in [-0.25, -0.2) is 10.2 Å². The normalized spacial score (nSPS) is 10.7. The van der Waals surface area contributed by atoms with E-state index in [-0.39, 0.29) is 28.8 Å². The molecule has 3 aromatic rings. The number of aryl methyl sites for hydroxylation is 1. The number of hydrazone groups is 1. The van der Waals surface area contributed by atoms with Gasteiger partial charge >= 0.3 is 5.97 Å². The predicted octanol–water partition coefficient (Wildman–Crippen LogP) is 5.09. The van der Waals surface area contributed by atoms with Crippen LogP contribution in [0.1, 0.15) is 21.5 Å². The summed E-state index contributed by atoms with van der Waals surface area (Å²) in [7, 11) is 1.45. The molecule has 0 saturated heterocycles. The second-order valence-corrected chi connectivity index (χ2v) is 7.78. The van der Waals surface area contributed by atoms with Crippen molar-refractivity contribution in [2.75, 3.05) is 19.0 Å². The Labute approximate surface area is 201 Å². The minimum Gasteiger partial charge on any atom is -0.493 e. The van der Waals surface area contributed by atoms with Crippen LogP contribution in [0.4, 0.5) is 5.69 Å². The van der Waals surface area contributed by atoms with Crippen molar-refractivity contribution in [3.8, 4) is 11.5 Å². The van der Waals surface area contributed by atoms with Crippen molar-refractivity contribution in [3.63, 3.8) is 0 Å². The van der Waals surface area contributed by atoms with Crippen LogP contribution in [0, 0.1) is 6.92 Å². The number of hydrogen-bond donors (Lipinski definition) is 2. The lowest BCUT2D eigenvalue weighted by Crippen LogP contribution is -2.25. The van der Waals surface area contributed by atoms with Crippen LogP contribution >= 0.6 is 23.2 Å². The fourth-order valence-corrected chi connectivity index (χ4v) is 3.22. The first-order valence-corrected chi connectivity index (χ1v) is 10.6. The van der Waals surface area contributed by atoms with E-state index in [2.05, 4.69) is 15.8 Å². The molecule has 0 aromatic heterocycles. The fraction of sp³-hybridized carbons (Fsp3) is 0.125. The highest BCUT2D eigenvalue weighted by atomic mass is 35.5. The molecule has 9 heteroatoms. The van der Waals surface area contributed by atoms with Crippen molar-refractivity contribution in [2.24, 2.45) is 5.10 Å². The average molecular weight is 486 g/mol. The van der Waals surface area contributed by atoms with Crippen molar-refractivity contribution < 1.29 is 19.1 Å². The van der Waals surface area contributed by atoms with Gasteiger partial charge in [0, 0.05) is 10.7 Å². The molecule has 0 aliphatic carbocycles. The first-order chi connectivity index (χ1) is 15.9. The molecule has 2 N–H and O–H groups in total. The third kappa shape index (κ3) is 6.97. The number of benzene rings is 3. The Morgan fingerprint density at radius 1 is 1.00 bits per heavy atom. The van der Waals surface area contributed by atoms with Gasteiger partial charge in [0.1, 0.15) is 0 Å². The summed E-state index contributed by atoms with van der Waals surface area (Å²) in [5.74, 6) is -0.435. The zero-order valence-electron chi connectivity index (χ0n) is 17.9. The van der Waals surface area contributed by atoms with Crippen LogP contribution < -0.4 is 20.2 Å². The van der Waals surface area contributed by atoms with E-state index >= 15 is 0 Å². The minimum atomic E-state index is -0.648. The van der Waals surface area contributed by atoms with E-state index in [0.717, 1.165) is 11.3 Å². The summed E-state index contributed by atoms with van der Waals surface area (Å²) in [6.07, 6.45) is 1.45. The number of halogens is 2. The number of carbonyl (C=O) groups is 2. The third-order valence-electron chi connectivity index (χ3n) is 4.45. The van der Waals surface area contributed by atoms with Crippen LogP contribution in [0.5, 0.6) is 11.5 Å². The highest BCUT2D eigenvalue weighted by Crippen LogP contribution is 2.29. The molecule has 0 aliphatic heterocycles. The number of hydrogen-bond acceptors (Lipinski definition) is 6. The van der Waals surface area contributed by atoms with Gasteiger partial charge < -0.3 is 14.8 Å². The largest absolute Gasteiger partial charge is 0.493 e. The number of ether oxygens (including phenoxy) is 2. The molecule has 0 spiro atoms. The van der Waals surface area contributed by atoms with Gasteiger partial charge in [0.05, 0.1) is 30.5 Å². The van der Waals surface area contributed by atoms with E-state index < -0.39 is 5.97 Å². The topological polar surface area (TPSA) is 89.0 Å². The van der Waals surface area contributed by atoms with Crippen LogP contribution in [-0.2, 0) is 4.79 Å². The predicted molar refractivity (Wildman–Crippen MR) is 130 cm³/mol. The number of amides is 1. The van der Waals surface area contributed by atoms with Crippen LogP contribution in [0.25, 0.3) is 0 Å². The molecule has 0 atom stereocenters. The fourth-order valence-electron chi connectivity index (χ4n) is 2.73. The number of methoxy groups -OCH3 is 1. The summed E-state index contributed by atoms with van der Waals surface area (Å²) in [5.41, 5.74) is 5.23. The van der Waals surface area contributed by atoms with E-state index in [9.17, 15) is 9.59 Å². The van der Waals surface area contributed by atoms with Crippen LogP contribution in [0.3, 0.4) is 0 Å². The van der Waals surface area contributed by atoms with E-state index in [0.29, 0.717) is 16.3 Å². The molecular weight excluding hydrogens is 465 g/mol. The van der Waals surface area contributed by atoms with Crippen LogP contribution in [0.2, 0.25) is 10.0 Å². The second kappa shape index (κ2) is 11.4. The van der Waals surface area contributed by atoms with Crippen LogP contribution in [0.15, 0.2) is 65.8 Å². The van der Waals surface area contributed by atoms with Crippen molar-refractivity contribution >= 4 is 47.0 Å². The average Bonchev–Trinajstić information content (AvgIpc) is 2.79. The maximum atomic E-state index is 12.4. The van der Waals surface area contributed by atoms with Crippen molar-refractivity contribution in [1.82, 2.24) is 5.43 Å². The molecule has 0 aliphatic rings. The molecule has 3 aromatic carbocycles. The Hall–Kier alpha value is -3.55. The quantitative estimate of drug-likeness (QED) is 0.200. The molecule has 0 radical (unpaired) electrons. The summed E-state index contributed by atoms with van der Waals surface area (Å²) in [6.45, 7) is 2.07. The second-order valence-electron chi connectivity index (χ2n) is 6.94. The van der Waals surface area contributed by atoms with Gasteiger partial charge in [-0.2, -0.15) is 5.10 Å². The number of anilines is 1. The molecule has 1 amide bonds. The minimum absolute atomic E-state index is 0.0753. The molecule has 7 nitrogen and oxygen atoms in total. The Bertz CT molecular complexity index is 1180. The lowest BCUT2D eigenvalue weighted by atomic mass is 10.2. The van der Waals surface area contributed by atoms with E-state index in [1.807, 2.05) is 31.2 Å². The van der Waals surface area contributed by atoms with Crippen molar-refractivity contribution in [1.29, 1.82) is 0 Å². The molecule has 0 heterocycles. The number of rotatable bonds is 8. The number of carbonyl (C=O) groups excluding carboxylic acids is 2. The van der Waals surface area contributed by atoms with Crippen LogP contribution in [-0.4, -0.2) is 31.7 Å². The lowest BCUT2D eigenvalue weighted by molar-refractivity contribution is -0.119. The van der Waals surface area contributed by atoms with E-state index in [4.69, 9.17) is 32.7 Å². The van der Waals surface area contributed by atoms with Gasteiger partial charge in [-0.3, -0.25) is 4.79 Å². The zero-order chi connectivity index (χ0) is 23.8. The maximum absolute atomic E-state index is 12.4. The smallest absolute Gasteiger partial charge is 0.345 e. The Morgan fingerprint density at radius 2 is 1.76 bits per heavy atom. The number of esters is 1. The number of nitrogens with one attached hydrogen (secondary N) is 2. The Kier molecular flexibility index (Phi) is 8.29. The lowest BCUT2D eigenvalue weighted by Gasteiger charge is -2.10. The summed E-state index contributed by atoms with van der Waals surface area (Å²) in [5, 5.41) is 7.55. The Balaban J connectivity index is 1.58. The van der Waals surface area contributed by atoms with Crippen molar-refractivity contribution in [3.05, 3.63) is 87.4 Å². The summed E-state index contributed by atoms with van der Waals surface area (Å²) >= 11 is 11.9. The van der Waals surface area contributed by atoms with Gasteiger partial charge in [0.15, 0.2) is 11.5 Å². The van der Waals surface area contributed by atoms with Gasteiger partial charge in [0.2, 0.25) is 0 Å². The maximum Gasteiger partial charge on any atom is 0.345 e. The number of nitrogens with zero attached hydrogens (tertiary/aromatic N) is 1. The molecule has 0 saturated carbocycles. The van der Waals surface area contributed by atoms with Gasteiger partial charge in [-0.15, -0.1) is 0 Å².